The topological polar surface area (TPSA) is 111 Å². The third kappa shape index (κ3) is 3.94. The number of ether oxygens (including phenoxy) is 1. The van der Waals surface area contributed by atoms with Crippen LogP contribution in [-0.4, -0.2) is 15.7 Å². The fourth-order valence-corrected chi connectivity index (χ4v) is 1.96. The minimum absolute atomic E-state index is 0.174. The first-order chi connectivity index (χ1) is 11.0. The summed E-state index contributed by atoms with van der Waals surface area (Å²) in [5, 5.41) is 8.25. The molecule has 0 saturated heterocycles. The Kier molecular flexibility index (Phi) is 5.09. The molecule has 0 aliphatic carbocycles. The highest BCUT2D eigenvalue weighted by atomic mass is 16.5. The van der Waals surface area contributed by atoms with Gasteiger partial charge < -0.3 is 16.2 Å². The van der Waals surface area contributed by atoms with E-state index < -0.39 is 0 Å². The molecule has 0 radical (unpaired) electrons. The van der Waals surface area contributed by atoms with E-state index in [9.17, 15) is 0 Å². The van der Waals surface area contributed by atoms with Gasteiger partial charge in [-0.3, -0.25) is 5.41 Å². The number of hydrogen-bond donors (Lipinski definition) is 3. The molecule has 6 nitrogen and oxygen atoms in total. The Bertz CT molecular complexity index is 743. The third-order valence-electron chi connectivity index (χ3n) is 3.10. The number of hydrogen-bond acceptors (Lipinski definition) is 6. The van der Waals surface area contributed by atoms with Gasteiger partial charge in [0.05, 0.1) is 11.3 Å². The maximum Gasteiger partial charge on any atom is 0.138 e. The second-order valence-electron chi connectivity index (χ2n) is 4.82. The molecule has 0 bridgehead atoms. The Morgan fingerprint density at radius 2 is 1.74 bits per heavy atom. The Morgan fingerprint density at radius 3 is 2.30 bits per heavy atom. The van der Waals surface area contributed by atoms with Crippen LogP contribution in [0.15, 0.2) is 54.6 Å². The van der Waals surface area contributed by atoms with Gasteiger partial charge in [0.1, 0.15) is 29.5 Å². The van der Waals surface area contributed by atoms with Gasteiger partial charge in [0.2, 0.25) is 0 Å². The lowest BCUT2D eigenvalue weighted by atomic mass is 10.0. The van der Waals surface area contributed by atoms with Crippen molar-refractivity contribution in [2.45, 2.75) is 13.8 Å². The van der Waals surface area contributed by atoms with Gasteiger partial charge in [0.15, 0.2) is 0 Å². The molecule has 5 N–H and O–H groups in total. The summed E-state index contributed by atoms with van der Waals surface area (Å²) in [5.41, 5.74) is 12.7. The van der Waals surface area contributed by atoms with Gasteiger partial charge in [0, 0.05) is 5.56 Å². The molecule has 0 aliphatic rings. The highest BCUT2D eigenvalue weighted by molar-refractivity contribution is 6.15. The van der Waals surface area contributed by atoms with E-state index in [0.29, 0.717) is 16.9 Å². The molecule has 2 aromatic rings. The molecule has 0 aliphatic heterocycles. The van der Waals surface area contributed by atoms with E-state index in [-0.39, 0.29) is 17.3 Å². The van der Waals surface area contributed by atoms with E-state index in [1.807, 2.05) is 32.1 Å². The van der Waals surface area contributed by atoms with E-state index in [0.717, 1.165) is 5.76 Å². The van der Waals surface area contributed by atoms with Crippen molar-refractivity contribution in [2.75, 3.05) is 11.5 Å². The predicted octanol–water partition coefficient (Wildman–Crippen LogP) is 2.92. The Hall–Kier alpha value is -3.15. The number of rotatable bonds is 5. The van der Waals surface area contributed by atoms with Crippen molar-refractivity contribution in [3.05, 3.63) is 65.7 Å². The van der Waals surface area contributed by atoms with E-state index in [1.54, 1.807) is 24.3 Å². The van der Waals surface area contributed by atoms with Gasteiger partial charge in [-0.25, -0.2) is 9.97 Å². The fourth-order valence-electron chi connectivity index (χ4n) is 1.96. The lowest BCUT2D eigenvalue weighted by molar-refractivity contribution is 0.428. The smallest absolute Gasteiger partial charge is 0.138 e. The number of aromatic nitrogens is 2. The van der Waals surface area contributed by atoms with E-state index >= 15 is 0 Å². The quantitative estimate of drug-likeness (QED) is 0.447. The SMILES string of the molecule is C/C=C\C=C(/C)Oc1ccc(C(=N)c2c(N)ncnc2N)cc1. The van der Waals surface area contributed by atoms with Crippen molar-refractivity contribution in [1.82, 2.24) is 9.97 Å². The van der Waals surface area contributed by atoms with Crippen molar-refractivity contribution in [1.29, 1.82) is 5.41 Å². The second-order valence-corrected chi connectivity index (χ2v) is 4.82. The zero-order valence-electron chi connectivity index (χ0n) is 13.1. The molecular formula is C17H19N5O. The molecule has 1 aromatic heterocycles. The molecule has 0 fully saturated rings. The van der Waals surface area contributed by atoms with Crippen LogP contribution in [0.4, 0.5) is 11.6 Å². The highest BCUT2D eigenvalue weighted by Crippen LogP contribution is 2.21. The fraction of sp³-hybridized carbons (Fsp3) is 0.118. The largest absolute Gasteiger partial charge is 0.462 e. The molecule has 0 spiro atoms. The summed E-state index contributed by atoms with van der Waals surface area (Å²) in [6.07, 6.45) is 6.98. The molecule has 0 unspecified atom stereocenters. The summed E-state index contributed by atoms with van der Waals surface area (Å²) in [5.74, 6) is 1.84. The first-order valence-electron chi connectivity index (χ1n) is 7.05. The lowest BCUT2D eigenvalue weighted by Gasteiger charge is -2.10. The van der Waals surface area contributed by atoms with Crippen LogP contribution in [0.5, 0.6) is 5.75 Å². The van der Waals surface area contributed by atoms with E-state index in [4.69, 9.17) is 21.6 Å². The van der Waals surface area contributed by atoms with Gasteiger partial charge in [-0.15, -0.1) is 0 Å². The summed E-state index contributed by atoms with van der Waals surface area (Å²) < 4.78 is 5.67. The second kappa shape index (κ2) is 7.22. The lowest BCUT2D eigenvalue weighted by Crippen LogP contribution is -2.11. The molecule has 0 atom stereocenters. The minimum Gasteiger partial charge on any atom is -0.462 e. The molecule has 118 valence electrons. The molecule has 23 heavy (non-hydrogen) atoms. The molecule has 1 aromatic carbocycles. The first-order valence-corrected chi connectivity index (χ1v) is 7.05. The van der Waals surface area contributed by atoms with Crippen molar-refractivity contribution < 1.29 is 4.74 Å². The molecule has 0 saturated carbocycles. The first kappa shape index (κ1) is 16.2. The van der Waals surface area contributed by atoms with Crippen LogP contribution in [-0.2, 0) is 0 Å². The monoisotopic (exact) mass is 309 g/mol. The molecule has 0 amide bonds. The summed E-state index contributed by atoms with van der Waals surface area (Å²) in [4.78, 5) is 7.76. The van der Waals surface area contributed by atoms with Crippen molar-refractivity contribution in [2.24, 2.45) is 0 Å². The zero-order valence-corrected chi connectivity index (χ0v) is 13.1. The van der Waals surface area contributed by atoms with Crippen LogP contribution in [0.1, 0.15) is 25.0 Å². The number of nitrogen functional groups attached to an aromatic ring is 2. The van der Waals surface area contributed by atoms with Crippen LogP contribution >= 0.6 is 0 Å². The van der Waals surface area contributed by atoms with Crippen molar-refractivity contribution in [3.63, 3.8) is 0 Å². The van der Waals surface area contributed by atoms with Gasteiger partial charge in [0.25, 0.3) is 0 Å². The number of nitrogens with two attached hydrogens (primary N) is 2. The van der Waals surface area contributed by atoms with Gasteiger partial charge in [-0.1, -0.05) is 12.2 Å². The van der Waals surface area contributed by atoms with Gasteiger partial charge in [-0.2, -0.15) is 0 Å². The number of nitrogens with zero attached hydrogens (tertiary/aromatic N) is 2. The summed E-state index contributed by atoms with van der Waals surface area (Å²) in [7, 11) is 0. The molecule has 6 heteroatoms. The average Bonchev–Trinajstić information content (AvgIpc) is 2.53. The standard InChI is InChI=1S/C17H19N5O/c1-3-4-5-11(2)23-13-8-6-12(7-9-13)15(18)14-16(19)21-10-22-17(14)20/h3-10,18H,1-2H3,(H4,19,20,21,22)/b4-3-,11-5+,18-15?. The molecule has 1 heterocycles. The third-order valence-corrected chi connectivity index (χ3v) is 3.10. The number of benzene rings is 1. The maximum absolute atomic E-state index is 8.25. The number of allylic oxidation sites excluding steroid dienone is 4. The van der Waals surface area contributed by atoms with E-state index in [2.05, 4.69) is 9.97 Å². The van der Waals surface area contributed by atoms with Crippen LogP contribution in [0, 0.1) is 5.41 Å². The van der Waals surface area contributed by atoms with Crippen LogP contribution in [0.3, 0.4) is 0 Å². The average molecular weight is 309 g/mol. The zero-order chi connectivity index (χ0) is 16.8. The Balaban J connectivity index is 2.21. The van der Waals surface area contributed by atoms with Crippen LogP contribution in [0.2, 0.25) is 0 Å². The molecule has 2 rings (SSSR count). The minimum atomic E-state index is 0.174. The van der Waals surface area contributed by atoms with Crippen molar-refractivity contribution in [3.8, 4) is 5.75 Å². The maximum atomic E-state index is 8.25. The van der Waals surface area contributed by atoms with Crippen LogP contribution < -0.4 is 16.2 Å². The normalized spacial score (nSPS) is 11.7. The highest BCUT2D eigenvalue weighted by Gasteiger charge is 2.14. The van der Waals surface area contributed by atoms with Gasteiger partial charge >= 0.3 is 0 Å². The summed E-state index contributed by atoms with van der Waals surface area (Å²) in [6.45, 7) is 3.81. The number of nitrogens with one attached hydrogen (secondary N) is 1. The summed E-state index contributed by atoms with van der Waals surface area (Å²) in [6, 6.07) is 7.11. The van der Waals surface area contributed by atoms with Crippen molar-refractivity contribution >= 4 is 17.3 Å². The molecular weight excluding hydrogens is 290 g/mol. The van der Waals surface area contributed by atoms with E-state index in [1.165, 1.54) is 6.33 Å². The Labute approximate surface area is 135 Å². The Morgan fingerprint density at radius 1 is 1.13 bits per heavy atom. The number of anilines is 2. The van der Waals surface area contributed by atoms with Gasteiger partial charge in [-0.05, 0) is 44.2 Å². The predicted molar refractivity (Wildman–Crippen MR) is 92.4 cm³/mol. The summed E-state index contributed by atoms with van der Waals surface area (Å²) >= 11 is 0. The van der Waals surface area contributed by atoms with Crippen LogP contribution in [0.25, 0.3) is 0 Å².